The molecule has 1 fully saturated rings. The van der Waals surface area contributed by atoms with Crippen LogP contribution < -0.4 is 9.46 Å². The van der Waals surface area contributed by atoms with Crippen molar-refractivity contribution >= 4 is 37.3 Å². The van der Waals surface area contributed by atoms with Gasteiger partial charge >= 0.3 is 0 Å². The Balaban J connectivity index is 1.15. The summed E-state index contributed by atoms with van der Waals surface area (Å²) in [5.41, 5.74) is 2.60. The Kier molecular flexibility index (Phi) is 8.05. The molecule has 8 nitrogen and oxygen atoms in total. The first-order chi connectivity index (χ1) is 16.3. The number of hydrogen-bond donors (Lipinski definition) is 2. The molecule has 2 N–H and O–H groups in total. The maximum absolute atomic E-state index is 12.4. The number of β-amino-alcohol motifs (C(OH)–C–C–N with tert-alkyl or cyclic N) is 1. The van der Waals surface area contributed by atoms with Gasteiger partial charge in [0.1, 0.15) is 18.5 Å². The first-order valence-electron chi connectivity index (χ1n) is 11.5. The van der Waals surface area contributed by atoms with Gasteiger partial charge in [-0.3, -0.25) is 14.5 Å². The summed E-state index contributed by atoms with van der Waals surface area (Å²) in [6.45, 7) is 8.29. The van der Waals surface area contributed by atoms with Gasteiger partial charge in [-0.05, 0) is 38.1 Å². The second kappa shape index (κ2) is 11.0. The van der Waals surface area contributed by atoms with Crippen molar-refractivity contribution in [3.63, 3.8) is 0 Å². The lowest BCUT2D eigenvalue weighted by Crippen LogP contribution is -2.50. The Labute approximate surface area is 205 Å². The summed E-state index contributed by atoms with van der Waals surface area (Å²) < 4.78 is 34.4. The van der Waals surface area contributed by atoms with E-state index in [2.05, 4.69) is 19.5 Å². The molecule has 34 heavy (non-hydrogen) atoms. The fourth-order valence-electron chi connectivity index (χ4n) is 3.95. The largest absolute Gasteiger partial charge is 0.491 e. The van der Waals surface area contributed by atoms with Crippen LogP contribution in [-0.2, 0) is 10.0 Å². The lowest BCUT2D eigenvalue weighted by Gasteiger charge is -2.35. The Morgan fingerprint density at radius 3 is 2.53 bits per heavy atom. The molecule has 0 spiro atoms. The van der Waals surface area contributed by atoms with E-state index in [1.54, 1.807) is 23.5 Å². The van der Waals surface area contributed by atoms with Gasteiger partial charge in [-0.15, -0.1) is 11.3 Å². The predicted molar refractivity (Wildman–Crippen MR) is 137 cm³/mol. The first-order valence-corrected chi connectivity index (χ1v) is 13.9. The average molecular weight is 505 g/mol. The molecule has 0 radical (unpaired) electrons. The molecule has 1 aliphatic heterocycles. The number of benzene rings is 2. The van der Waals surface area contributed by atoms with Gasteiger partial charge in [-0.25, -0.2) is 13.4 Å². The van der Waals surface area contributed by atoms with Crippen molar-refractivity contribution in [2.45, 2.75) is 20.0 Å². The molecule has 0 aliphatic carbocycles. The average Bonchev–Trinajstić information content (AvgIpc) is 3.18. The van der Waals surface area contributed by atoms with Crippen LogP contribution in [0.15, 0.2) is 42.5 Å². The lowest BCUT2D eigenvalue weighted by atomic mass is 10.2. The minimum atomic E-state index is -3.39. The van der Waals surface area contributed by atoms with Crippen molar-refractivity contribution in [3.8, 4) is 5.75 Å². The number of rotatable bonds is 10. The van der Waals surface area contributed by atoms with Crippen LogP contribution >= 0.6 is 11.3 Å². The molecule has 1 unspecified atom stereocenters. The number of anilines is 1. The lowest BCUT2D eigenvalue weighted by molar-refractivity contribution is 0.0472. The molecular formula is C24H32N4O4S2. The van der Waals surface area contributed by atoms with E-state index in [0.717, 1.165) is 47.0 Å². The van der Waals surface area contributed by atoms with E-state index < -0.39 is 16.1 Å². The van der Waals surface area contributed by atoms with Gasteiger partial charge in [0.15, 0.2) is 0 Å². The quantitative estimate of drug-likeness (QED) is 0.438. The molecule has 184 valence electrons. The zero-order chi connectivity index (χ0) is 24.1. The smallest absolute Gasteiger partial charge is 0.233 e. The number of aromatic nitrogens is 1. The summed E-state index contributed by atoms with van der Waals surface area (Å²) in [6, 6.07) is 13.1. The number of nitrogens with one attached hydrogen (secondary N) is 1. The van der Waals surface area contributed by atoms with Crippen LogP contribution in [0.5, 0.6) is 5.75 Å². The van der Waals surface area contributed by atoms with Crippen LogP contribution in [0.2, 0.25) is 0 Å². The summed E-state index contributed by atoms with van der Waals surface area (Å²) in [6.07, 6.45) is -0.599. The molecule has 1 atom stereocenters. The van der Waals surface area contributed by atoms with Gasteiger partial charge in [0.2, 0.25) is 10.0 Å². The number of thiazole rings is 1. The maximum Gasteiger partial charge on any atom is 0.233 e. The van der Waals surface area contributed by atoms with Gasteiger partial charge in [0.05, 0.1) is 21.0 Å². The van der Waals surface area contributed by atoms with Crippen LogP contribution in [0.3, 0.4) is 0 Å². The number of fused-ring (bicyclic) bond motifs is 1. The van der Waals surface area contributed by atoms with Crippen molar-refractivity contribution in [1.82, 2.24) is 14.8 Å². The van der Waals surface area contributed by atoms with Gasteiger partial charge in [-0.1, -0.05) is 17.7 Å². The number of sulfonamides is 1. The summed E-state index contributed by atoms with van der Waals surface area (Å²) >= 11 is 1.65. The van der Waals surface area contributed by atoms with E-state index in [1.807, 2.05) is 44.2 Å². The van der Waals surface area contributed by atoms with Crippen LogP contribution in [0.4, 0.5) is 5.69 Å². The van der Waals surface area contributed by atoms with Crippen molar-refractivity contribution in [3.05, 3.63) is 53.0 Å². The molecule has 0 bridgehead atoms. The summed E-state index contributed by atoms with van der Waals surface area (Å²) in [4.78, 5) is 8.82. The number of ether oxygens (including phenoxy) is 1. The summed E-state index contributed by atoms with van der Waals surface area (Å²) in [7, 11) is -3.39. The normalized spacial score (nSPS) is 16.6. The minimum Gasteiger partial charge on any atom is -0.491 e. The third-order valence-corrected chi connectivity index (χ3v) is 8.06. The third kappa shape index (κ3) is 7.13. The monoisotopic (exact) mass is 504 g/mol. The van der Waals surface area contributed by atoms with E-state index in [-0.39, 0.29) is 12.4 Å². The predicted octanol–water partition coefficient (Wildman–Crippen LogP) is 2.71. The fourth-order valence-corrected chi connectivity index (χ4v) is 5.86. The Hall–Kier alpha value is -2.24. The molecule has 0 amide bonds. The zero-order valence-electron chi connectivity index (χ0n) is 19.6. The van der Waals surface area contributed by atoms with Crippen LogP contribution in [-0.4, -0.2) is 86.0 Å². The van der Waals surface area contributed by atoms with Crippen molar-refractivity contribution in [1.29, 1.82) is 0 Å². The fraction of sp³-hybridized carbons (Fsp3) is 0.458. The highest BCUT2D eigenvalue weighted by Gasteiger charge is 2.21. The Morgan fingerprint density at radius 2 is 1.79 bits per heavy atom. The SMILES string of the molecule is Cc1ccc(NS(=O)(=O)CCN2CCN(CC(O)COc3ccc4sc(C)nc4c3)CC2)cc1. The number of piperazine rings is 1. The van der Waals surface area contributed by atoms with E-state index >= 15 is 0 Å². The molecular weight excluding hydrogens is 472 g/mol. The van der Waals surface area contributed by atoms with Crippen LogP contribution in [0.25, 0.3) is 10.2 Å². The van der Waals surface area contributed by atoms with E-state index in [0.29, 0.717) is 24.5 Å². The summed E-state index contributed by atoms with van der Waals surface area (Å²) in [5, 5.41) is 11.5. The van der Waals surface area contributed by atoms with E-state index in [4.69, 9.17) is 4.74 Å². The standard InChI is InChI=1S/C24H32N4O4S2/c1-18-3-5-20(6-4-18)26-34(30,31)14-13-27-9-11-28(12-10-27)16-21(29)17-32-22-7-8-24-23(15-22)25-19(2)33-24/h3-8,15,21,26,29H,9-14,16-17H2,1-2H3. The van der Waals surface area contributed by atoms with Crippen molar-refractivity contribution in [2.24, 2.45) is 0 Å². The topological polar surface area (TPSA) is 95.0 Å². The Morgan fingerprint density at radius 1 is 1.09 bits per heavy atom. The van der Waals surface area contributed by atoms with E-state index in [1.165, 1.54) is 0 Å². The number of hydrogen-bond acceptors (Lipinski definition) is 8. The van der Waals surface area contributed by atoms with Gasteiger partial charge < -0.3 is 9.84 Å². The highest BCUT2D eigenvalue weighted by atomic mass is 32.2. The maximum atomic E-state index is 12.4. The van der Waals surface area contributed by atoms with Crippen molar-refractivity contribution < 1.29 is 18.3 Å². The number of nitrogens with zero attached hydrogens (tertiary/aromatic N) is 3. The molecule has 1 aromatic heterocycles. The van der Waals surface area contributed by atoms with Gasteiger partial charge in [0, 0.05) is 51.0 Å². The highest BCUT2D eigenvalue weighted by molar-refractivity contribution is 7.92. The van der Waals surface area contributed by atoms with Crippen LogP contribution in [0, 0.1) is 13.8 Å². The molecule has 1 saturated heterocycles. The Bertz CT molecular complexity index is 1190. The van der Waals surface area contributed by atoms with Crippen molar-refractivity contribution in [2.75, 3.05) is 56.4 Å². The zero-order valence-corrected chi connectivity index (χ0v) is 21.2. The molecule has 3 aromatic rings. The van der Waals surface area contributed by atoms with Gasteiger partial charge in [0.25, 0.3) is 0 Å². The molecule has 4 rings (SSSR count). The molecule has 1 aliphatic rings. The van der Waals surface area contributed by atoms with Gasteiger partial charge in [-0.2, -0.15) is 0 Å². The molecule has 0 saturated carbocycles. The third-order valence-electron chi connectivity index (χ3n) is 5.84. The molecule has 2 aromatic carbocycles. The highest BCUT2D eigenvalue weighted by Crippen LogP contribution is 2.25. The first kappa shape index (κ1) is 24.9. The minimum absolute atomic E-state index is 0.0558. The number of aliphatic hydroxyl groups is 1. The van der Waals surface area contributed by atoms with Crippen LogP contribution in [0.1, 0.15) is 10.6 Å². The second-order valence-electron chi connectivity index (χ2n) is 8.76. The molecule has 10 heteroatoms. The van der Waals surface area contributed by atoms with E-state index in [9.17, 15) is 13.5 Å². The second-order valence-corrected chi connectivity index (χ2v) is 11.8. The number of aliphatic hydroxyl groups excluding tert-OH is 1. The number of aryl methyl sites for hydroxylation is 2. The molecule has 2 heterocycles. The summed E-state index contributed by atoms with van der Waals surface area (Å²) in [5.74, 6) is 0.766.